The van der Waals surface area contributed by atoms with Crippen molar-refractivity contribution < 1.29 is 24.2 Å². The van der Waals surface area contributed by atoms with E-state index in [4.69, 9.17) is 15.2 Å². The predicted molar refractivity (Wildman–Crippen MR) is 189 cm³/mol. The number of anilines is 3. The minimum Gasteiger partial charge on any atom is -0.397 e. The number of hydrogen-bond acceptors (Lipinski definition) is 7. The van der Waals surface area contributed by atoms with Gasteiger partial charge in [0.05, 0.1) is 30.2 Å². The fraction of sp³-hybridized carbons (Fsp3) is 0.333. The molecule has 5 N–H and O–H groups in total. The standard InChI is InChI=1S/C39H46N4O5/c1-43(25-28-10-4-2-5-11-28)26-33-24-36(30-18-16-29(27-44)17-19-30)48-39(47-33)31-20-22-32(23-21-31)41-37(45)14-6-3-7-15-38(46)42-35-13-9-8-12-34(35)40/h2,4-5,8-13,16-23,33,36,39,44H,3,6-7,14-15,24-27,40H2,1H3,(H,41,45)(H,42,46). The highest BCUT2D eigenvalue weighted by atomic mass is 16.7. The third-order valence-electron chi connectivity index (χ3n) is 8.43. The fourth-order valence-corrected chi connectivity index (χ4v) is 5.86. The first kappa shape index (κ1) is 34.8. The van der Waals surface area contributed by atoms with Gasteiger partial charge in [0.2, 0.25) is 11.8 Å². The van der Waals surface area contributed by atoms with Gasteiger partial charge in [-0.15, -0.1) is 0 Å². The third-order valence-corrected chi connectivity index (χ3v) is 8.43. The Kier molecular flexibility index (Phi) is 12.7. The molecule has 1 aliphatic heterocycles. The minimum absolute atomic E-state index is 0.00247. The fourth-order valence-electron chi connectivity index (χ4n) is 5.86. The molecule has 3 unspecified atom stereocenters. The average molecular weight is 651 g/mol. The van der Waals surface area contributed by atoms with Crippen LogP contribution in [0.3, 0.4) is 0 Å². The monoisotopic (exact) mass is 650 g/mol. The molecule has 1 aliphatic rings. The first-order valence-corrected chi connectivity index (χ1v) is 16.6. The maximum absolute atomic E-state index is 12.6. The van der Waals surface area contributed by atoms with Crippen LogP contribution in [0.1, 0.15) is 73.2 Å². The van der Waals surface area contributed by atoms with E-state index in [1.165, 1.54) is 5.56 Å². The van der Waals surface area contributed by atoms with E-state index in [0.717, 1.165) is 36.2 Å². The summed E-state index contributed by atoms with van der Waals surface area (Å²) in [4.78, 5) is 27.1. The molecule has 3 atom stereocenters. The van der Waals surface area contributed by atoms with Crippen molar-refractivity contribution in [3.05, 3.63) is 125 Å². The maximum Gasteiger partial charge on any atom is 0.224 e. The second kappa shape index (κ2) is 17.6. The van der Waals surface area contributed by atoms with E-state index < -0.39 is 6.29 Å². The third kappa shape index (κ3) is 10.5. The summed E-state index contributed by atoms with van der Waals surface area (Å²) in [6.07, 6.45) is 2.79. The number of aliphatic hydroxyl groups excluding tert-OH is 1. The van der Waals surface area contributed by atoms with Gasteiger partial charge in [-0.3, -0.25) is 14.5 Å². The van der Waals surface area contributed by atoms with Crippen LogP contribution in [0.2, 0.25) is 0 Å². The zero-order valence-electron chi connectivity index (χ0n) is 27.5. The number of nitrogens with one attached hydrogen (secondary N) is 2. The Morgan fingerprint density at radius 3 is 2.10 bits per heavy atom. The number of amides is 2. The number of benzene rings is 4. The molecule has 0 aliphatic carbocycles. The molecule has 0 saturated carbocycles. The molecule has 252 valence electrons. The van der Waals surface area contributed by atoms with E-state index in [1.54, 1.807) is 12.1 Å². The SMILES string of the molecule is CN(Cc1ccccc1)CC1CC(c2ccc(CO)cc2)OC(c2ccc(NC(=O)CCCCCC(=O)Nc3ccccc3N)cc2)O1. The molecule has 9 nitrogen and oxygen atoms in total. The summed E-state index contributed by atoms with van der Waals surface area (Å²) in [5.74, 6) is -0.151. The Morgan fingerprint density at radius 1 is 0.771 bits per heavy atom. The number of para-hydroxylation sites is 2. The quantitative estimate of drug-likeness (QED) is 0.0809. The number of carbonyl (C=O) groups excluding carboxylic acids is 2. The van der Waals surface area contributed by atoms with E-state index in [-0.39, 0.29) is 30.6 Å². The van der Waals surface area contributed by atoms with E-state index in [2.05, 4.69) is 46.8 Å². The molecule has 9 heteroatoms. The van der Waals surface area contributed by atoms with Gasteiger partial charge in [-0.2, -0.15) is 0 Å². The first-order chi connectivity index (χ1) is 23.4. The number of nitrogens with two attached hydrogens (primary N) is 1. The molecule has 4 aromatic rings. The molecule has 48 heavy (non-hydrogen) atoms. The molecule has 2 amide bonds. The van der Waals surface area contributed by atoms with Crippen molar-refractivity contribution in [1.29, 1.82) is 0 Å². The van der Waals surface area contributed by atoms with Crippen molar-refractivity contribution in [2.75, 3.05) is 30.0 Å². The lowest BCUT2D eigenvalue weighted by Gasteiger charge is -2.38. The van der Waals surface area contributed by atoms with Crippen LogP contribution < -0.4 is 16.4 Å². The van der Waals surface area contributed by atoms with Crippen LogP contribution in [0.15, 0.2) is 103 Å². The Labute approximate surface area is 283 Å². The van der Waals surface area contributed by atoms with E-state index in [0.29, 0.717) is 49.2 Å². The Balaban J connectivity index is 1.12. The molecule has 0 bridgehead atoms. The van der Waals surface area contributed by atoms with Crippen molar-refractivity contribution >= 4 is 28.9 Å². The second-order valence-electron chi connectivity index (χ2n) is 12.4. The Morgan fingerprint density at radius 2 is 1.42 bits per heavy atom. The first-order valence-electron chi connectivity index (χ1n) is 16.6. The zero-order chi connectivity index (χ0) is 33.7. The molecule has 5 rings (SSSR count). The van der Waals surface area contributed by atoms with Gasteiger partial charge >= 0.3 is 0 Å². The summed E-state index contributed by atoms with van der Waals surface area (Å²) in [5.41, 5.74) is 11.8. The molecule has 1 saturated heterocycles. The normalized spacial score (nSPS) is 17.6. The van der Waals surface area contributed by atoms with Crippen LogP contribution in [-0.4, -0.2) is 41.5 Å². The zero-order valence-corrected chi connectivity index (χ0v) is 27.5. The molecule has 4 aromatic carbocycles. The van der Waals surface area contributed by atoms with Crippen LogP contribution in [0.4, 0.5) is 17.1 Å². The molecule has 0 radical (unpaired) electrons. The van der Waals surface area contributed by atoms with Crippen molar-refractivity contribution in [3.63, 3.8) is 0 Å². The smallest absolute Gasteiger partial charge is 0.224 e. The number of aliphatic hydroxyl groups is 1. The molecule has 1 heterocycles. The lowest BCUT2D eigenvalue weighted by Crippen LogP contribution is -2.37. The van der Waals surface area contributed by atoms with Crippen molar-refractivity contribution in [3.8, 4) is 0 Å². The lowest BCUT2D eigenvalue weighted by atomic mass is 9.99. The highest BCUT2D eigenvalue weighted by Crippen LogP contribution is 2.38. The van der Waals surface area contributed by atoms with Gasteiger partial charge in [-0.25, -0.2) is 0 Å². The highest BCUT2D eigenvalue weighted by Gasteiger charge is 2.32. The largest absolute Gasteiger partial charge is 0.397 e. The van der Waals surface area contributed by atoms with Crippen LogP contribution in [0, 0.1) is 0 Å². The van der Waals surface area contributed by atoms with Gasteiger partial charge < -0.3 is 30.9 Å². The number of unbranched alkanes of at least 4 members (excludes halogenated alkanes) is 2. The van der Waals surface area contributed by atoms with Gasteiger partial charge in [0.25, 0.3) is 0 Å². The average Bonchev–Trinajstić information content (AvgIpc) is 3.09. The summed E-state index contributed by atoms with van der Waals surface area (Å²) in [6.45, 7) is 1.55. The van der Waals surface area contributed by atoms with Crippen LogP contribution in [-0.2, 0) is 32.2 Å². The Bertz CT molecular complexity index is 1600. The van der Waals surface area contributed by atoms with Gasteiger partial charge in [-0.05, 0) is 60.8 Å². The summed E-state index contributed by atoms with van der Waals surface area (Å²) < 4.78 is 13.0. The summed E-state index contributed by atoms with van der Waals surface area (Å²) >= 11 is 0. The van der Waals surface area contributed by atoms with E-state index >= 15 is 0 Å². The Hall–Kier alpha value is -4.54. The van der Waals surface area contributed by atoms with Crippen LogP contribution in [0.25, 0.3) is 0 Å². The number of carbonyl (C=O) groups is 2. The molecule has 0 spiro atoms. The van der Waals surface area contributed by atoms with Crippen LogP contribution >= 0.6 is 0 Å². The molecular weight excluding hydrogens is 604 g/mol. The number of hydrogen-bond donors (Lipinski definition) is 4. The second-order valence-corrected chi connectivity index (χ2v) is 12.4. The summed E-state index contributed by atoms with van der Waals surface area (Å²) in [5, 5.41) is 15.3. The predicted octanol–water partition coefficient (Wildman–Crippen LogP) is 6.97. The lowest BCUT2D eigenvalue weighted by molar-refractivity contribution is -0.252. The number of nitrogens with zero attached hydrogens (tertiary/aromatic N) is 1. The number of nitrogen functional groups attached to an aromatic ring is 1. The van der Waals surface area contributed by atoms with Crippen molar-refractivity contribution in [1.82, 2.24) is 4.90 Å². The highest BCUT2D eigenvalue weighted by molar-refractivity contribution is 5.93. The molecule has 0 aromatic heterocycles. The van der Waals surface area contributed by atoms with Gasteiger partial charge in [0.1, 0.15) is 0 Å². The molecular formula is C39H46N4O5. The van der Waals surface area contributed by atoms with E-state index in [9.17, 15) is 14.7 Å². The molecule has 1 fully saturated rings. The topological polar surface area (TPSA) is 126 Å². The van der Waals surface area contributed by atoms with Crippen LogP contribution in [0.5, 0.6) is 0 Å². The van der Waals surface area contributed by atoms with E-state index in [1.807, 2.05) is 66.7 Å². The maximum atomic E-state index is 12.6. The minimum atomic E-state index is -0.573. The number of likely N-dealkylation sites (N-methyl/N-ethyl adjacent to an activating group) is 1. The number of ether oxygens (including phenoxy) is 2. The van der Waals surface area contributed by atoms with Gasteiger partial charge in [0.15, 0.2) is 6.29 Å². The number of rotatable bonds is 15. The summed E-state index contributed by atoms with van der Waals surface area (Å²) in [6, 6.07) is 33.0. The van der Waals surface area contributed by atoms with Crippen molar-refractivity contribution in [2.45, 2.75) is 70.2 Å². The van der Waals surface area contributed by atoms with Gasteiger partial charge in [-0.1, -0.05) is 85.3 Å². The summed E-state index contributed by atoms with van der Waals surface area (Å²) in [7, 11) is 2.10. The van der Waals surface area contributed by atoms with Gasteiger partial charge in [0, 0.05) is 43.6 Å². The van der Waals surface area contributed by atoms with Crippen molar-refractivity contribution in [2.24, 2.45) is 0 Å².